The van der Waals surface area contributed by atoms with Gasteiger partial charge < -0.3 is 15.5 Å². The number of carbonyl (C=O) groups excluding carboxylic acids is 1. The summed E-state index contributed by atoms with van der Waals surface area (Å²) in [6.07, 6.45) is 4.45. The molecule has 0 spiro atoms. The Balaban J connectivity index is 1.72. The van der Waals surface area contributed by atoms with E-state index in [2.05, 4.69) is 9.97 Å². The van der Waals surface area contributed by atoms with E-state index in [9.17, 15) is 22.7 Å². The molecule has 0 amide bonds. The zero-order chi connectivity index (χ0) is 24.6. The Morgan fingerprint density at radius 2 is 2.03 bits per heavy atom. The van der Waals surface area contributed by atoms with E-state index in [1.54, 1.807) is 0 Å². The van der Waals surface area contributed by atoms with Crippen LogP contribution < -0.4 is 4.72 Å². The molecule has 0 bridgehead atoms. The summed E-state index contributed by atoms with van der Waals surface area (Å²) in [6, 6.07) is 5.51. The minimum Gasteiger partial charge on any atom is -0.506 e. The Hall–Kier alpha value is -3.61. The van der Waals surface area contributed by atoms with Gasteiger partial charge in [-0.1, -0.05) is 11.6 Å². The molecule has 1 aromatic carbocycles. The monoisotopic (exact) mass is 522 g/mol. The fourth-order valence-electron chi connectivity index (χ4n) is 3.10. The molecule has 8 nitrogen and oxygen atoms in total. The number of hydrogen-bond donors (Lipinski definition) is 4. The molecular weight excluding hydrogens is 510 g/mol. The van der Waals surface area contributed by atoms with E-state index in [1.165, 1.54) is 30.6 Å². The number of thiophene rings is 1. The van der Waals surface area contributed by atoms with E-state index in [0.29, 0.717) is 11.3 Å². The Morgan fingerprint density at radius 1 is 1.26 bits per heavy atom. The highest BCUT2D eigenvalue weighted by atomic mass is 35.5. The lowest BCUT2D eigenvalue weighted by molar-refractivity contribution is 0.103. The Bertz CT molecular complexity index is 1600. The molecule has 0 saturated heterocycles. The number of rotatable bonds is 7. The molecule has 3 aromatic heterocycles. The van der Waals surface area contributed by atoms with Crippen LogP contribution in [0.25, 0.3) is 16.8 Å². The number of nitrogens with one attached hydrogen (secondary N) is 3. The van der Waals surface area contributed by atoms with E-state index < -0.39 is 38.7 Å². The third-order valence-corrected chi connectivity index (χ3v) is 7.82. The number of carbonyl (C=O) groups is 1. The van der Waals surface area contributed by atoms with Crippen molar-refractivity contribution in [1.82, 2.24) is 9.97 Å². The predicted molar refractivity (Wildman–Crippen MR) is 125 cm³/mol. The summed E-state index contributed by atoms with van der Waals surface area (Å²) < 4.78 is 57.0. The second kappa shape index (κ2) is 8.97. The highest BCUT2D eigenvalue weighted by molar-refractivity contribution is 7.94. The van der Waals surface area contributed by atoms with Crippen molar-refractivity contribution in [2.45, 2.75) is 4.21 Å². The SMILES string of the molecule is N=C/C=C(\O)c1ccc(S(=O)(=O)Nc2ccc(F)c(C(=O)c3c[nH]c4ncc(Cl)cc34)c2F)s1. The van der Waals surface area contributed by atoms with Gasteiger partial charge in [-0.25, -0.2) is 22.2 Å². The van der Waals surface area contributed by atoms with E-state index in [-0.39, 0.29) is 36.5 Å². The minimum absolute atomic E-state index is 0.0980. The smallest absolute Gasteiger partial charge is 0.271 e. The number of hydrogen-bond acceptors (Lipinski definition) is 7. The fourth-order valence-corrected chi connectivity index (χ4v) is 5.55. The first-order valence-corrected chi connectivity index (χ1v) is 12.0. The maximum absolute atomic E-state index is 15.2. The summed E-state index contributed by atoms with van der Waals surface area (Å²) in [7, 11) is -4.35. The number of halogens is 3. The topological polar surface area (TPSA) is 136 Å². The number of sulfonamides is 1. The van der Waals surface area contributed by atoms with Crippen molar-refractivity contribution in [3.8, 4) is 0 Å². The van der Waals surface area contributed by atoms with E-state index in [4.69, 9.17) is 17.0 Å². The van der Waals surface area contributed by atoms with Crippen molar-refractivity contribution in [3.05, 3.63) is 81.5 Å². The lowest BCUT2D eigenvalue weighted by Crippen LogP contribution is -2.15. The first kappa shape index (κ1) is 23.5. The number of benzene rings is 1. The second-order valence-electron chi connectivity index (χ2n) is 6.81. The van der Waals surface area contributed by atoms with Gasteiger partial charge in [-0.2, -0.15) is 0 Å². The molecule has 3 heterocycles. The van der Waals surface area contributed by atoms with Gasteiger partial charge in [0, 0.05) is 29.6 Å². The molecule has 0 aliphatic rings. The minimum atomic E-state index is -4.35. The molecular formula is C21H13ClF2N4O4S2. The number of anilines is 1. The third kappa shape index (κ3) is 4.30. The van der Waals surface area contributed by atoms with Crippen LogP contribution in [-0.4, -0.2) is 35.5 Å². The zero-order valence-electron chi connectivity index (χ0n) is 16.8. The number of allylic oxidation sites excluding steroid dienone is 1. The van der Waals surface area contributed by atoms with Crippen molar-refractivity contribution in [1.29, 1.82) is 5.41 Å². The summed E-state index contributed by atoms with van der Waals surface area (Å²) in [6.45, 7) is 0. The normalized spacial score (nSPS) is 12.1. The van der Waals surface area contributed by atoms with Crippen molar-refractivity contribution in [3.63, 3.8) is 0 Å². The van der Waals surface area contributed by atoms with Crippen LogP contribution >= 0.6 is 22.9 Å². The molecule has 0 fully saturated rings. The number of aromatic nitrogens is 2. The van der Waals surface area contributed by atoms with Crippen LogP contribution in [0.5, 0.6) is 0 Å². The molecule has 4 aromatic rings. The van der Waals surface area contributed by atoms with Gasteiger partial charge in [-0.3, -0.25) is 9.52 Å². The van der Waals surface area contributed by atoms with Crippen LogP contribution in [0.15, 0.2) is 53.0 Å². The number of aliphatic hydroxyl groups excluding tert-OH is 1. The average molecular weight is 523 g/mol. The lowest BCUT2D eigenvalue weighted by atomic mass is 10.0. The van der Waals surface area contributed by atoms with Gasteiger partial charge in [0.05, 0.1) is 21.2 Å². The van der Waals surface area contributed by atoms with Gasteiger partial charge >= 0.3 is 0 Å². The van der Waals surface area contributed by atoms with Gasteiger partial charge in [0.25, 0.3) is 10.0 Å². The Kier molecular flexibility index (Phi) is 6.21. The molecule has 13 heteroatoms. The molecule has 0 radical (unpaired) electrons. The van der Waals surface area contributed by atoms with Crippen LogP contribution in [0.3, 0.4) is 0 Å². The molecule has 174 valence electrons. The van der Waals surface area contributed by atoms with Crippen LogP contribution in [0.2, 0.25) is 5.02 Å². The van der Waals surface area contributed by atoms with Gasteiger partial charge in [-0.15, -0.1) is 11.3 Å². The van der Waals surface area contributed by atoms with Crippen molar-refractivity contribution < 1.29 is 27.1 Å². The van der Waals surface area contributed by atoms with E-state index >= 15 is 4.39 Å². The van der Waals surface area contributed by atoms with Crippen LogP contribution in [0.4, 0.5) is 14.5 Å². The van der Waals surface area contributed by atoms with Crippen LogP contribution in [0, 0.1) is 17.0 Å². The number of ketones is 1. The molecule has 0 unspecified atom stereocenters. The lowest BCUT2D eigenvalue weighted by Gasteiger charge is -2.11. The Labute approximate surface area is 200 Å². The van der Waals surface area contributed by atoms with Crippen molar-refractivity contribution >= 4 is 67.4 Å². The summed E-state index contributed by atoms with van der Waals surface area (Å²) in [5.74, 6) is -3.95. The van der Waals surface area contributed by atoms with Crippen LogP contribution in [-0.2, 0) is 10.0 Å². The van der Waals surface area contributed by atoms with Gasteiger partial charge in [0.2, 0.25) is 5.78 Å². The van der Waals surface area contributed by atoms with Gasteiger partial charge in [0.1, 0.15) is 21.4 Å². The molecule has 0 atom stereocenters. The summed E-state index contributed by atoms with van der Waals surface area (Å²) in [4.78, 5) is 19.9. The maximum Gasteiger partial charge on any atom is 0.271 e. The summed E-state index contributed by atoms with van der Waals surface area (Å²) in [5.41, 5.74) is -1.42. The molecule has 0 saturated carbocycles. The number of aliphatic hydroxyl groups is 1. The highest BCUT2D eigenvalue weighted by Gasteiger charge is 2.27. The first-order chi connectivity index (χ1) is 16.1. The van der Waals surface area contributed by atoms with E-state index in [0.717, 1.165) is 24.4 Å². The summed E-state index contributed by atoms with van der Waals surface area (Å²) in [5, 5.41) is 17.2. The highest BCUT2D eigenvalue weighted by Crippen LogP contribution is 2.31. The molecule has 34 heavy (non-hydrogen) atoms. The third-order valence-electron chi connectivity index (χ3n) is 4.64. The van der Waals surface area contributed by atoms with Crippen molar-refractivity contribution in [2.75, 3.05) is 4.72 Å². The molecule has 0 aliphatic carbocycles. The molecule has 4 N–H and O–H groups in total. The largest absolute Gasteiger partial charge is 0.506 e. The number of aromatic amines is 1. The average Bonchev–Trinajstić information content (AvgIpc) is 3.44. The quantitative estimate of drug-likeness (QED) is 0.151. The summed E-state index contributed by atoms with van der Waals surface area (Å²) >= 11 is 6.58. The standard InChI is InChI=1S/C21H13ClF2N4O4S2/c22-10-7-11-12(9-27-21(11)26-8-10)20(30)18-13(23)1-2-14(19(18)24)28-34(31,32)17-4-3-16(33-17)15(29)5-6-25/h1-9,25,28-29H,(H,26,27)/b15-5-,25-6?. The Morgan fingerprint density at radius 3 is 2.76 bits per heavy atom. The second-order valence-corrected chi connectivity index (χ2v) is 10.2. The first-order valence-electron chi connectivity index (χ1n) is 9.30. The van der Waals surface area contributed by atoms with E-state index in [1.807, 2.05) is 4.72 Å². The molecule has 4 rings (SSSR count). The number of fused-ring (bicyclic) bond motifs is 1. The van der Waals surface area contributed by atoms with Gasteiger partial charge in [-0.05, 0) is 36.4 Å². The fraction of sp³-hybridized carbons (Fsp3) is 0. The van der Waals surface area contributed by atoms with Crippen molar-refractivity contribution in [2.24, 2.45) is 0 Å². The number of H-pyrrole nitrogens is 1. The van der Waals surface area contributed by atoms with Crippen LogP contribution in [0.1, 0.15) is 20.8 Å². The number of pyridine rings is 1. The van der Waals surface area contributed by atoms with Gasteiger partial charge in [0.15, 0.2) is 5.82 Å². The molecule has 0 aliphatic heterocycles. The zero-order valence-corrected chi connectivity index (χ0v) is 19.2. The predicted octanol–water partition coefficient (Wildman–Crippen LogP) is 5.14. The number of nitrogens with zero attached hydrogens (tertiary/aromatic N) is 1. The maximum atomic E-state index is 15.2.